The predicted molar refractivity (Wildman–Crippen MR) is 99.5 cm³/mol. The third-order valence-electron chi connectivity index (χ3n) is 3.68. The third kappa shape index (κ3) is 4.71. The van der Waals surface area contributed by atoms with E-state index in [-0.39, 0.29) is 6.54 Å². The molecule has 2 aromatic carbocycles. The Morgan fingerprint density at radius 3 is 2.38 bits per heavy atom. The highest BCUT2D eigenvalue weighted by Gasteiger charge is 2.16. The van der Waals surface area contributed by atoms with Gasteiger partial charge in [0.05, 0.1) is 38.1 Å². The molecule has 0 aliphatic rings. The number of nitrogens with one attached hydrogen (secondary N) is 2. The second kappa shape index (κ2) is 9.17. The number of hydrogen-bond acceptors (Lipinski definition) is 5. The summed E-state index contributed by atoms with van der Waals surface area (Å²) in [4.78, 5) is 12.1. The van der Waals surface area contributed by atoms with E-state index in [1.807, 2.05) is 0 Å². The highest BCUT2D eigenvalue weighted by atomic mass is 35.5. The zero-order valence-electron chi connectivity index (χ0n) is 14.7. The van der Waals surface area contributed by atoms with Crippen molar-refractivity contribution < 1.29 is 24.1 Å². The summed E-state index contributed by atoms with van der Waals surface area (Å²) in [5.41, 5.74) is 0.961. The number of aliphatic hydroxyl groups is 1. The molecule has 0 spiro atoms. The lowest BCUT2D eigenvalue weighted by molar-refractivity contribution is 0.171. The molecule has 2 rings (SSSR count). The normalized spacial score (nSPS) is 11.4. The minimum Gasteiger partial charge on any atom is -0.496 e. The Hall–Kier alpha value is -2.64. The van der Waals surface area contributed by atoms with Gasteiger partial charge in [-0.05, 0) is 12.1 Å². The number of aliphatic hydroxyl groups excluding tert-OH is 1. The highest BCUT2D eigenvalue weighted by molar-refractivity contribution is 6.32. The van der Waals surface area contributed by atoms with Crippen molar-refractivity contribution in [2.24, 2.45) is 0 Å². The Kier molecular flexibility index (Phi) is 6.94. The zero-order chi connectivity index (χ0) is 19.1. The summed E-state index contributed by atoms with van der Waals surface area (Å²) < 4.78 is 15.5. The van der Waals surface area contributed by atoms with Gasteiger partial charge in [-0.2, -0.15) is 0 Å². The number of anilines is 1. The molecule has 0 saturated heterocycles. The largest absolute Gasteiger partial charge is 0.496 e. The minimum atomic E-state index is -0.918. The van der Waals surface area contributed by atoms with Gasteiger partial charge >= 0.3 is 6.03 Å². The Morgan fingerprint density at radius 2 is 1.73 bits per heavy atom. The highest BCUT2D eigenvalue weighted by Crippen LogP contribution is 2.35. The van der Waals surface area contributed by atoms with Gasteiger partial charge in [0.2, 0.25) is 0 Å². The van der Waals surface area contributed by atoms with Gasteiger partial charge in [0.15, 0.2) is 0 Å². The van der Waals surface area contributed by atoms with Crippen LogP contribution in [0.25, 0.3) is 0 Å². The Balaban J connectivity index is 2.02. The first-order chi connectivity index (χ1) is 12.5. The average Bonchev–Trinajstić information content (AvgIpc) is 2.66. The van der Waals surface area contributed by atoms with Crippen LogP contribution in [0.5, 0.6) is 17.2 Å². The van der Waals surface area contributed by atoms with E-state index in [9.17, 15) is 9.90 Å². The molecular weight excluding hydrogens is 360 g/mol. The van der Waals surface area contributed by atoms with Crippen LogP contribution in [0.2, 0.25) is 5.02 Å². The fraction of sp³-hybridized carbons (Fsp3) is 0.278. The van der Waals surface area contributed by atoms with Gasteiger partial charge in [-0.1, -0.05) is 29.8 Å². The molecule has 0 saturated carbocycles. The molecule has 0 heterocycles. The van der Waals surface area contributed by atoms with E-state index in [2.05, 4.69) is 10.6 Å². The summed E-state index contributed by atoms with van der Waals surface area (Å²) in [5.74, 6) is 1.37. The molecule has 0 fully saturated rings. The molecule has 0 aliphatic heterocycles. The van der Waals surface area contributed by atoms with E-state index in [1.165, 1.54) is 27.4 Å². The Labute approximate surface area is 156 Å². The van der Waals surface area contributed by atoms with Crippen LogP contribution in [0.4, 0.5) is 10.5 Å². The van der Waals surface area contributed by atoms with E-state index in [4.69, 9.17) is 25.8 Å². The molecule has 0 aliphatic carbocycles. The van der Waals surface area contributed by atoms with Gasteiger partial charge in [0.25, 0.3) is 0 Å². The van der Waals surface area contributed by atoms with Gasteiger partial charge in [0, 0.05) is 18.2 Å². The van der Waals surface area contributed by atoms with Gasteiger partial charge in [0.1, 0.15) is 17.2 Å². The van der Waals surface area contributed by atoms with Crippen LogP contribution in [-0.2, 0) is 0 Å². The molecule has 0 unspecified atom stereocenters. The van der Waals surface area contributed by atoms with E-state index < -0.39 is 12.1 Å². The lowest BCUT2D eigenvalue weighted by atomic mass is 10.1. The summed E-state index contributed by atoms with van der Waals surface area (Å²) in [7, 11) is 4.47. The van der Waals surface area contributed by atoms with Crippen molar-refractivity contribution in [2.45, 2.75) is 6.10 Å². The molecule has 0 aromatic heterocycles. The number of methoxy groups -OCH3 is 3. The van der Waals surface area contributed by atoms with Crippen molar-refractivity contribution >= 4 is 23.3 Å². The van der Waals surface area contributed by atoms with Crippen molar-refractivity contribution in [3.63, 3.8) is 0 Å². The van der Waals surface area contributed by atoms with E-state index in [0.717, 1.165) is 0 Å². The quantitative estimate of drug-likeness (QED) is 0.686. The van der Waals surface area contributed by atoms with Crippen LogP contribution < -0.4 is 24.8 Å². The van der Waals surface area contributed by atoms with Gasteiger partial charge in [-0.15, -0.1) is 0 Å². The van der Waals surface area contributed by atoms with Crippen LogP contribution in [0.15, 0.2) is 36.4 Å². The van der Waals surface area contributed by atoms with Crippen LogP contribution in [-0.4, -0.2) is 39.0 Å². The molecule has 2 aromatic rings. The summed E-state index contributed by atoms with van der Waals surface area (Å²) in [6.45, 7) is -0.00158. The maximum atomic E-state index is 12.1. The summed E-state index contributed by atoms with van der Waals surface area (Å²) in [6.07, 6.45) is -0.918. The summed E-state index contributed by atoms with van der Waals surface area (Å²) in [5, 5.41) is 15.8. The number of benzene rings is 2. The first-order valence-electron chi connectivity index (χ1n) is 7.77. The number of carbonyl (C=O) groups is 1. The second-order valence-corrected chi connectivity index (χ2v) is 5.69. The third-order valence-corrected chi connectivity index (χ3v) is 3.97. The SMILES string of the molecule is COc1cc(OC)c(NC(=O)NC[C@@H](O)c2ccccc2OC)cc1Cl. The monoisotopic (exact) mass is 380 g/mol. The van der Waals surface area contributed by atoms with Crippen LogP contribution in [0, 0.1) is 0 Å². The molecule has 3 N–H and O–H groups in total. The number of amides is 2. The standard InChI is InChI=1S/C18H21ClN2O5/c1-24-15-7-5-4-6-11(15)14(22)10-20-18(23)21-13-8-12(19)16(25-2)9-17(13)26-3/h4-9,14,22H,10H2,1-3H3,(H2,20,21,23)/t14-/m1/s1. The maximum absolute atomic E-state index is 12.1. The lowest BCUT2D eigenvalue weighted by Gasteiger charge is -2.17. The fourth-order valence-corrected chi connectivity index (χ4v) is 2.61. The van der Waals surface area contributed by atoms with Crippen molar-refractivity contribution in [3.05, 3.63) is 47.0 Å². The van der Waals surface area contributed by atoms with Crippen molar-refractivity contribution in [2.75, 3.05) is 33.2 Å². The number of carbonyl (C=O) groups excluding carboxylic acids is 1. The van der Waals surface area contributed by atoms with Crippen molar-refractivity contribution in [1.82, 2.24) is 5.32 Å². The smallest absolute Gasteiger partial charge is 0.319 e. The Morgan fingerprint density at radius 1 is 1.08 bits per heavy atom. The maximum Gasteiger partial charge on any atom is 0.319 e. The molecule has 2 amide bonds. The molecule has 8 heteroatoms. The number of urea groups is 1. The molecule has 26 heavy (non-hydrogen) atoms. The first kappa shape index (κ1) is 19.7. The molecular formula is C18H21ClN2O5. The van der Waals surface area contributed by atoms with Crippen molar-refractivity contribution in [1.29, 1.82) is 0 Å². The van der Waals surface area contributed by atoms with Crippen molar-refractivity contribution in [3.8, 4) is 17.2 Å². The summed E-state index contributed by atoms with van der Waals surface area (Å²) >= 11 is 6.08. The predicted octanol–water partition coefficient (Wildman–Crippen LogP) is 3.22. The van der Waals surface area contributed by atoms with Gasteiger partial charge in [-0.25, -0.2) is 4.79 Å². The molecule has 0 radical (unpaired) electrons. The Bertz CT molecular complexity index is 769. The van der Waals surface area contributed by atoms with Crippen LogP contribution >= 0.6 is 11.6 Å². The second-order valence-electron chi connectivity index (χ2n) is 5.28. The van der Waals surface area contributed by atoms with E-state index >= 15 is 0 Å². The minimum absolute atomic E-state index is 0.00158. The average molecular weight is 381 g/mol. The molecule has 7 nitrogen and oxygen atoms in total. The number of halogens is 1. The topological polar surface area (TPSA) is 89.1 Å². The molecule has 1 atom stereocenters. The molecule has 140 valence electrons. The number of ether oxygens (including phenoxy) is 3. The number of rotatable bonds is 7. The van der Waals surface area contributed by atoms with Gasteiger partial charge in [-0.3, -0.25) is 0 Å². The van der Waals surface area contributed by atoms with E-state index in [1.54, 1.807) is 30.3 Å². The van der Waals surface area contributed by atoms with Gasteiger partial charge < -0.3 is 30.0 Å². The number of para-hydroxylation sites is 1. The van der Waals surface area contributed by atoms with E-state index in [0.29, 0.717) is 33.5 Å². The number of hydrogen-bond donors (Lipinski definition) is 3. The lowest BCUT2D eigenvalue weighted by Crippen LogP contribution is -2.32. The zero-order valence-corrected chi connectivity index (χ0v) is 15.5. The summed E-state index contributed by atoms with van der Waals surface area (Å²) in [6, 6.07) is 9.63. The first-order valence-corrected chi connectivity index (χ1v) is 8.15. The fourth-order valence-electron chi connectivity index (χ4n) is 2.37. The van der Waals surface area contributed by atoms with Crippen LogP contribution in [0.3, 0.4) is 0 Å². The van der Waals surface area contributed by atoms with Crippen LogP contribution in [0.1, 0.15) is 11.7 Å². The molecule has 0 bridgehead atoms.